The highest BCUT2D eigenvalue weighted by Gasteiger charge is 2.13. The van der Waals surface area contributed by atoms with Crippen LogP contribution in [0, 0.1) is 6.92 Å². The van der Waals surface area contributed by atoms with Crippen molar-refractivity contribution in [1.29, 1.82) is 0 Å². The van der Waals surface area contributed by atoms with Crippen LogP contribution in [-0.4, -0.2) is 16.1 Å². The fourth-order valence-corrected chi connectivity index (χ4v) is 2.49. The number of hydrogen-bond acceptors (Lipinski definition) is 2. The molecule has 0 amide bonds. The van der Waals surface area contributed by atoms with Crippen LogP contribution >= 0.6 is 15.9 Å². The normalized spacial score (nSPS) is 12.4. The van der Waals surface area contributed by atoms with E-state index in [1.165, 1.54) is 18.4 Å². The zero-order chi connectivity index (χ0) is 14.5. The van der Waals surface area contributed by atoms with Crippen LogP contribution < -0.4 is 5.32 Å². The molecule has 4 heteroatoms. The molecular weight excluding hydrogens is 314 g/mol. The summed E-state index contributed by atoms with van der Waals surface area (Å²) in [5.74, 6) is 0.964. The Balaban J connectivity index is 2.20. The van der Waals surface area contributed by atoms with E-state index in [0.717, 1.165) is 22.7 Å². The number of unbranched alkanes of at least 4 members (excludes halogenated alkanes) is 1. The second-order valence-corrected chi connectivity index (χ2v) is 6.04. The second kappa shape index (κ2) is 6.93. The van der Waals surface area contributed by atoms with Gasteiger partial charge in [-0.25, -0.2) is 4.98 Å². The van der Waals surface area contributed by atoms with Crippen LogP contribution in [0.2, 0.25) is 0 Å². The van der Waals surface area contributed by atoms with Crippen LogP contribution in [0.25, 0.3) is 0 Å². The van der Waals surface area contributed by atoms with E-state index in [1.54, 1.807) is 0 Å². The van der Waals surface area contributed by atoms with Gasteiger partial charge in [-0.3, -0.25) is 0 Å². The number of anilines is 1. The topological polar surface area (TPSA) is 29.9 Å². The third-order valence-corrected chi connectivity index (χ3v) is 3.96. The number of halogens is 1. The lowest BCUT2D eigenvalue weighted by atomic mass is 10.1. The van der Waals surface area contributed by atoms with Crippen molar-refractivity contribution in [3.63, 3.8) is 0 Å². The molecule has 3 nitrogen and oxygen atoms in total. The molecule has 0 radical (unpaired) electrons. The van der Waals surface area contributed by atoms with Gasteiger partial charge in [0.15, 0.2) is 0 Å². The molecule has 1 N–H and O–H groups in total. The zero-order valence-electron chi connectivity index (χ0n) is 12.4. The number of nitrogens with zero attached hydrogens (tertiary/aromatic N) is 2. The highest BCUT2D eigenvalue weighted by Crippen LogP contribution is 2.24. The van der Waals surface area contributed by atoms with Gasteiger partial charge in [-0.05, 0) is 38.0 Å². The first-order chi connectivity index (χ1) is 9.61. The largest absolute Gasteiger partial charge is 0.356 e. The molecule has 1 atom stereocenters. The third kappa shape index (κ3) is 3.63. The van der Waals surface area contributed by atoms with Crippen molar-refractivity contribution in [2.75, 3.05) is 11.9 Å². The van der Waals surface area contributed by atoms with E-state index in [1.807, 2.05) is 6.92 Å². The molecule has 0 spiro atoms. The maximum Gasteiger partial charge on any atom is 0.203 e. The maximum atomic E-state index is 4.59. The highest BCUT2D eigenvalue weighted by molar-refractivity contribution is 9.10. The summed E-state index contributed by atoms with van der Waals surface area (Å²) in [5, 5.41) is 3.44. The zero-order valence-corrected chi connectivity index (χ0v) is 13.9. The summed E-state index contributed by atoms with van der Waals surface area (Å²) in [4.78, 5) is 4.59. The predicted molar refractivity (Wildman–Crippen MR) is 88.3 cm³/mol. The van der Waals surface area contributed by atoms with Gasteiger partial charge in [0.25, 0.3) is 0 Å². The van der Waals surface area contributed by atoms with Crippen molar-refractivity contribution >= 4 is 21.9 Å². The number of aromatic nitrogens is 2. The first kappa shape index (κ1) is 15.1. The van der Waals surface area contributed by atoms with Crippen molar-refractivity contribution in [3.8, 4) is 0 Å². The van der Waals surface area contributed by atoms with Gasteiger partial charge in [-0.1, -0.05) is 41.4 Å². The van der Waals surface area contributed by atoms with Crippen molar-refractivity contribution < 1.29 is 0 Å². The minimum absolute atomic E-state index is 0.272. The van der Waals surface area contributed by atoms with Gasteiger partial charge in [0.05, 0.1) is 11.7 Å². The molecule has 1 aromatic heterocycles. The van der Waals surface area contributed by atoms with Gasteiger partial charge in [0, 0.05) is 17.2 Å². The summed E-state index contributed by atoms with van der Waals surface area (Å²) in [6.07, 6.45) is 4.47. The molecule has 0 aliphatic rings. The van der Waals surface area contributed by atoms with Crippen molar-refractivity contribution in [2.45, 2.75) is 39.7 Å². The lowest BCUT2D eigenvalue weighted by Gasteiger charge is -2.17. The molecule has 0 saturated heterocycles. The molecule has 108 valence electrons. The molecule has 1 heterocycles. The van der Waals surface area contributed by atoms with Gasteiger partial charge in [-0.15, -0.1) is 0 Å². The van der Waals surface area contributed by atoms with Gasteiger partial charge in [-0.2, -0.15) is 0 Å². The van der Waals surface area contributed by atoms with Crippen LogP contribution in [0.3, 0.4) is 0 Å². The minimum Gasteiger partial charge on any atom is -0.356 e. The SMILES string of the molecule is CCCCNc1nc(C)cn1C(C)c1ccc(Br)cc1. The average molecular weight is 336 g/mol. The Labute approximate surface area is 129 Å². The van der Waals surface area contributed by atoms with Gasteiger partial charge < -0.3 is 9.88 Å². The highest BCUT2D eigenvalue weighted by atomic mass is 79.9. The summed E-state index contributed by atoms with van der Waals surface area (Å²) in [6.45, 7) is 7.41. The molecule has 2 rings (SSSR count). The molecule has 2 aromatic rings. The molecule has 0 fully saturated rings. The first-order valence-corrected chi connectivity index (χ1v) is 7.96. The van der Waals surface area contributed by atoms with E-state index >= 15 is 0 Å². The molecule has 0 saturated carbocycles. The quantitative estimate of drug-likeness (QED) is 0.770. The van der Waals surface area contributed by atoms with Crippen molar-refractivity contribution in [1.82, 2.24) is 9.55 Å². The third-order valence-electron chi connectivity index (χ3n) is 3.44. The Morgan fingerprint density at radius 1 is 1.30 bits per heavy atom. The molecule has 0 bridgehead atoms. The van der Waals surface area contributed by atoms with E-state index in [2.05, 4.69) is 75.1 Å². The van der Waals surface area contributed by atoms with E-state index in [4.69, 9.17) is 0 Å². The van der Waals surface area contributed by atoms with Crippen molar-refractivity contribution in [3.05, 3.63) is 46.2 Å². The predicted octanol–water partition coefficient (Wildman–Crippen LogP) is 4.78. The van der Waals surface area contributed by atoms with Crippen LogP contribution in [0.5, 0.6) is 0 Å². The second-order valence-electron chi connectivity index (χ2n) is 5.12. The lowest BCUT2D eigenvalue weighted by molar-refractivity contribution is 0.641. The summed E-state index contributed by atoms with van der Waals surface area (Å²) >= 11 is 3.48. The number of aryl methyl sites for hydroxylation is 1. The first-order valence-electron chi connectivity index (χ1n) is 7.16. The monoisotopic (exact) mass is 335 g/mol. The maximum absolute atomic E-state index is 4.59. The Morgan fingerprint density at radius 3 is 2.65 bits per heavy atom. The van der Waals surface area contributed by atoms with Gasteiger partial charge in [0.1, 0.15) is 0 Å². The van der Waals surface area contributed by atoms with E-state index in [-0.39, 0.29) is 6.04 Å². The van der Waals surface area contributed by atoms with Crippen LogP contribution in [0.4, 0.5) is 5.95 Å². The molecule has 0 aliphatic carbocycles. The molecule has 1 unspecified atom stereocenters. The van der Waals surface area contributed by atoms with Gasteiger partial charge in [0.2, 0.25) is 5.95 Å². The van der Waals surface area contributed by atoms with Crippen LogP contribution in [0.1, 0.15) is 44.0 Å². The fraction of sp³-hybridized carbons (Fsp3) is 0.438. The van der Waals surface area contributed by atoms with Crippen LogP contribution in [-0.2, 0) is 0 Å². The van der Waals surface area contributed by atoms with E-state index < -0.39 is 0 Å². The Bertz CT molecular complexity index is 545. The smallest absolute Gasteiger partial charge is 0.203 e. The number of imidazole rings is 1. The number of nitrogens with one attached hydrogen (secondary N) is 1. The molecule has 1 aromatic carbocycles. The summed E-state index contributed by atoms with van der Waals surface area (Å²) in [6, 6.07) is 8.74. The average Bonchev–Trinajstić information content (AvgIpc) is 2.80. The number of hydrogen-bond donors (Lipinski definition) is 1. The minimum atomic E-state index is 0.272. The lowest BCUT2D eigenvalue weighted by Crippen LogP contribution is -2.12. The van der Waals surface area contributed by atoms with E-state index in [0.29, 0.717) is 0 Å². The number of rotatable bonds is 6. The van der Waals surface area contributed by atoms with Crippen molar-refractivity contribution in [2.24, 2.45) is 0 Å². The molecule has 20 heavy (non-hydrogen) atoms. The van der Waals surface area contributed by atoms with Crippen LogP contribution in [0.15, 0.2) is 34.9 Å². The Morgan fingerprint density at radius 2 is 2.00 bits per heavy atom. The van der Waals surface area contributed by atoms with Gasteiger partial charge >= 0.3 is 0 Å². The Hall–Kier alpha value is -1.29. The fourth-order valence-electron chi connectivity index (χ4n) is 2.22. The standard InChI is InChI=1S/C16H22BrN3/c1-4-5-10-18-16-19-12(2)11-20(16)13(3)14-6-8-15(17)9-7-14/h6-9,11,13H,4-5,10H2,1-3H3,(H,18,19). The molecular formula is C16H22BrN3. The Kier molecular flexibility index (Phi) is 5.24. The molecule has 0 aliphatic heterocycles. The summed E-state index contributed by atoms with van der Waals surface area (Å²) < 4.78 is 3.32. The van der Waals surface area contributed by atoms with E-state index in [9.17, 15) is 0 Å². The number of benzene rings is 1. The summed E-state index contributed by atoms with van der Waals surface area (Å²) in [5.41, 5.74) is 2.33. The summed E-state index contributed by atoms with van der Waals surface area (Å²) in [7, 11) is 0.